The van der Waals surface area contributed by atoms with Crippen molar-refractivity contribution in [1.82, 2.24) is 9.88 Å². The number of rotatable bonds is 2. The van der Waals surface area contributed by atoms with E-state index in [2.05, 4.69) is 36.0 Å². The number of likely N-dealkylation sites (tertiary alicyclic amines) is 1. The van der Waals surface area contributed by atoms with Crippen LogP contribution in [0, 0.1) is 11.6 Å². The zero-order chi connectivity index (χ0) is 10.8. The van der Waals surface area contributed by atoms with E-state index >= 15 is 0 Å². The summed E-state index contributed by atoms with van der Waals surface area (Å²) in [6.07, 6.45) is 4.68. The highest BCUT2D eigenvalue weighted by molar-refractivity contribution is 7.71. The van der Waals surface area contributed by atoms with E-state index in [1.165, 1.54) is 30.5 Å². The number of aromatic amines is 1. The van der Waals surface area contributed by atoms with Gasteiger partial charge < -0.3 is 4.98 Å². The van der Waals surface area contributed by atoms with Crippen LogP contribution in [0.2, 0.25) is 0 Å². The number of nitrogens with zero attached hydrogens (tertiary/aromatic N) is 1. The summed E-state index contributed by atoms with van der Waals surface area (Å²) in [6.45, 7) is 6.76. The Morgan fingerprint density at radius 3 is 3.07 bits per heavy atom. The first-order chi connectivity index (χ1) is 7.22. The van der Waals surface area contributed by atoms with Crippen LogP contribution in [0.4, 0.5) is 0 Å². The number of aromatic nitrogens is 1. The molecule has 0 bridgehead atoms. The van der Waals surface area contributed by atoms with E-state index in [4.69, 9.17) is 12.2 Å². The van der Waals surface area contributed by atoms with Crippen LogP contribution in [0.25, 0.3) is 0 Å². The molecule has 15 heavy (non-hydrogen) atoms. The Morgan fingerprint density at radius 1 is 1.60 bits per heavy atom. The van der Waals surface area contributed by atoms with Crippen molar-refractivity contribution in [2.75, 3.05) is 13.1 Å². The molecule has 0 amide bonds. The zero-order valence-electron chi connectivity index (χ0n) is 9.42. The van der Waals surface area contributed by atoms with E-state index in [1.807, 2.05) is 0 Å². The third-order valence-electron chi connectivity index (χ3n) is 3.30. The van der Waals surface area contributed by atoms with Gasteiger partial charge in [0.1, 0.15) is 4.64 Å². The summed E-state index contributed by atoms with van der Waals surface area (Å²) in [5.41, 5.74) is 2.74. The molecule has 0 spiro atoms. The van der Waals surface area contributed by atoms with Crippen LogP contribution in [0.5, 0.6) is 0 Å². The minimum absolute atomic E-state index is 0.599. The summed E-state index contributed by atoms with van der Waals surface area (Å²) in [5.74, 6) is 0. The first-order valence-corrected chi connectivity index (χ1v) is 6.06. The molecule has 0 aliphatic carbocycles. The molecule has 0 aromatic carbocycles. The summed E-state index contributed by atoms with van der Waals surface area (Å²) in [4.78, 5) is 5.69. The molecule has 2 rings (SSSR count). The van der Waals surface area contributed by atoms with Crippen LogP contribution >= 0.6 is 12.2 Å². The van der Waals surface area contributed by atoms with Crippen molar-refractivity contribution >= 4 is 12.2 Å². The van der Waals surface area contributed by atoms with E-state index in [-0.39, 0.29) is 0 Å². The molecule has 2 nitrogen and oxygen atoms in total. The second kappa shape index (κ2) is 4.45. The fourth-order valence-electron chi connectivity index (χ4n) is 2.50. The fourth-order valence-corrected chi connectivity index (χ4v) is 2.74. The number of hydrogen-bond acceptors (Lipinski definition) is 2. The lowest BCUT2D eigenvalue weighted by molar-refractivity contribution is 0.270. The molecule has 1 N–H and O–H groups in total. The molecule has 1 aliphatic heterocycles. The molecule has 1 aliphatic rings. The quantitative estimate of drug-likeness (QED) is 0.775. The number of H-pyrrole nitrogens is 1. The standard InChI is InChI=1S/C12H18N2S/c1-3-14-6-4-5-11(14)10-8-13-12(15)7-9(10)2/h7-8,11H,3-6H2,1-2H3,(H,13,15). The van der Waals surface area contributed by atoms with Gasteiger partial charge in [-0.2, -0.15) is 0 Å². The van der Waals surface area contributed by atoms with Crippen molar-refractivity contribution in [3.05, 3.63) is 28.0 Å². The van der Waals surface area contributed by atoms with Gasteiger partial charge in [-0.15, -0.1) is 0 Å². The maximum atomic E-state index is 5.12. The minimum atomic E-state index is 0.599. The predicted octanol–water partition coefficient (Wildman–Crippen LogP) is 3.21. The van der Waals surface area contributed by atoms with Crippen LogP contribution in [-0.4, -0.2) is 23.0 Å². The van der Waals surface area contributed by atoms with Crippen molar-refractivity contribution in [2.45, 2.75) is 32.7 Å². The Labute approximate surface area is 96.3 Å². The lowest BCUT2D eigenvalue weighted by Gasteiger charge is -2.24. The highest BCUT2D eigenvalue weighted by Gasteiger charge is 2.25. The van der Waals surface area contributed by atoms with Crippen molar-refractivity contribution in [2.24, 2.45) is 0 Å². The molecule has 1 atom stereocenters. The van der Waals surface area contributed by atoms with Crippen molar-refractivity contribution < 1.29 is 0 Å². The molecule has 1 fully saturated rings. The van der Waals surface area contributed by atoms with E-state index < -0.39 is 0 Å². The van der Waals surface area contributed by atoms with Gasteiger partial charge in [-0.3, -0.25) is 4.90 Å². The average Bonchev–Trinajstić information content (AvgIpc) is 2.65. The van der Waals surface area contributed by atoms with Crippen LogP contribution in [-0.2, 0) is 0 Å². The Morgan fingerprint density at radius 2 is 2.40 bits per heavy atom. The van der Waals surface area contributed by atoms with Gasteiger partial charge in [-0.1, -0.05) is 19.1 Å². The second-order valence-electron chi connectivity index (χ2n) is 4.22. The van der Waals surface area contributed by atoms with E-state index in [9.17, 15) is 0 Å². The minimum Gasteiger partial charge on any atom is -0.353 e. The van der Waals surface area contributed by atoms with Gasteiger partial charge in [0, 0.05) is 12.2 Å². The van der Waals surface area contributed by atoms with E-state index in [0.717, 1.165) is 11.2 Å². The van der Waals surface area contributed by atoms with Crippen LogP contribution < -0.4 is 0 Å². The lowest BCUT2D eigenvalue weighted by atomic mass is 10.0. The number of aryl methyl sites for hydroxylation is 1. The zero-order valence-corrected chi connectivity index (χ0v) is 10.2. The molecule has 0 radical (unpaired) electrons. The SMILES string of the molecule is CCN1CCCC1c1c[nH]c(=S)cc1C. The van der Waals surface area contributed by atoms with Gasteiger partial charge in [0.2, 0.25) is 0 Å². The average molecular weight is 222 g/mol. The number of nitrogens with one attached hydrogen (secondary N) is 1. The Bertz CT molecular complexity index is 397. The monoisotopic (exact) mass is 222 g/mol. The summed E-state index contributed by atoms with van der Waals surface area (Å²) in [5, 5.41) is 0. The smallest absolute Gasteiger partial charge is 0.103 e. The third kappa shape index (κ3) is 2.13. The molecule has 0 saturated carbocycles. The molecule has 1 aromatic heterocycles. The molecular weight excluding hydrogens is 204 g/mol. The van der Waals surface area contributed by atoms with Crippen LogP contribution in [0.3, 0.4) is 0 Å². The van der Waals surface area contributed by atoms with Gasteiger partial charge in [-0.25, -0.2) is 0 Å². The Hall–Kier alpha value is -0.670. The highest BCUT2D eigenvalue weighted by Crippen LogP contribution is 2.32. The first kappa shape index (κ1) is 10.8. The number of pyridine rings is 1. The van der Waals surface area contributed by atoms with Gasteiger partial charge in [0.15, 0.2) is 0 Å². The van der Waals surface area contributed by atoms with Crippen LogP contribution in [0.1, 0.15) is 36.9 Å². The molecule has 3 heteroatoms. The second-order valence-corrected chi connectivity index (χ2v) is 4.66. The molecular formula is C12H18N2S. The normalized spacial score (nSPS) is 22.1. The van der Waals surface area contributed by atoms with E-state index in [0.29, 0.717) is 6.04 Å². The van der Waals surface area contributed by atoms with Crippen molar-refractivity contribution in [1.29, 1.82) is 0 Å². The Balaban J connectivity index is 2.32. The molecule has 1 unspecified atom stereocenters. The third-order valence-corrected chi connectivity index (χ3v) is 3.54. The van der Waals surface area contributed by atoms with Gasteiger partial charge in [-0.05, 0) is 50.0 Å². The maximum Gasteiger partial charge on any atom is 0.103 e. The largest absolute Gasteiger partial charge is 0.353 e. The molecule has 1 saturated heterocycles. The van der Waals surface area contributed by atoms with E-state index in [1.54, 1.807) is 0 Å². The predicted molar refractivity (Wildman–Crippen MR) is 65.6 cm³/mol. The maximum absolute atomic E-state index is 5.12. The first-order valence-electron chi connectivity index (χ1n) is 5.65. The van der Waals surface area contributed by atoms with Crippen molar-refractivity contribution in [3.63, 3.8) is 0 Å². The van der Waals surface area contributed by atoms with Gasteiger partial charge in [0.25, 0.3) is 0 Å². The summed E-state index contributed by atoms with van der Waals surface area (Å²) >= 11 is 5.12. The highest BCUT2D eigenvalue weighted by atomic mass is 32.1. The van der Waals surface area contributed by atoms with Gasteiger partial charge >= 0.3 is 0 Å². The van der Waals surface area contributed by atoms with Gasteiger partial charge in [0.05, 0.1) is 0 Å². The summed E-state index contributed by atoms with van der Waals surface area (Å²) in [7, 11) is 0. The molecule has 82 valence electrons. The van der Waals surface area contributed by atoms with Crippen molar-refractivity contribution in [3.8, 4) is 0 Å². The lowest BCUT2D eigenvalue weighted by Crippen LogP contribution is -2.23. The summed E-state index contributed by atoms with van der Waals surface area (Å²) < 4.78 is 0.831. The fraction of sp³-hybridized carbons (Fsp3) is 0.583. The Kier molecular flexibility index (Phi) is 3.22. The topological polar surface area (TPSA) is 19.0 Å². The number of hydrogen-bond donors (Lipinski definition) is 1. The summed E-state index contributed by atoms with van der Waals surface area (Å²) in [6, 6.07) is 2.67. The van der Waals surface area contributed by atoms with Crippen LogP contribution in [0.15, 0.2) is 12.3 Å². The molecule has 2 heterocycles. The molecule has 1 aromatic rings.